The smallest absolute Gasteiger partial charge is 0.393 e. The summed E-state index contributed by atoms with van der Waals surface area (Å²) in [6.07, 6.45) is -1.58. The van der Waals surface area contributed by atoms with Gasteiger partial charge in [0.25, 0.3) is 5.91 Å². The van der Waals surface area contributed by atoms with E-state index in [1.165, 1.54) is 7.05 Å². The van der Waals surface area contributed by atoms with Crippen molar-refractivity contribution in [3.05, 3.63) is 70.9 Å². The quantitative estimate of drug-likeness (QED) is 0.153. The standard InChI is InChI=1S/C30H37F3N5O5P/c1-4-42-44(41,43-5-2)18-19-6-11-22(12-7-19)36-29-35-17-25(30(31,32)33)27(38-29)37-26-15-10-21(16-24(26)28(40)34-3)20-8-13-23(39)14-9-20/h6-7,10-12,15-17,20,23,39H,4-5,8-9,13-14,18H2,1-3H3,(H,34,40)(H2,35,36,37,38)/t20-,23+. The molecule has 0 radical (unpaired) electrons. The zero-order valence-electron chi connectivity index (χ0n) is 24.8. The Morgan fingerprint density at radius 3 is 2.27 bits per heavy atom. The van der Waals surface area contributed by atoms with E-state index in [9.17, 15) is 27.6 Å². The number of amides is 1. The van der Waals surface area contributed by atoms with Crippen LogP contribution in [0.5, 0.6) is 0 Å². The van der Waals surface area contributed by atoms with E-state index in [1.54, 1.807) is 56.3 Å². The van der Waals surface area contributed by atoms with E-state index >= 15 is 0 Å². The van der Waals surface area contributed by atoms with Crippen LogP contribution >= 0.6 is 7.60 Å². The van der Waals surface area contributed by atoms with E-state index in [-0.39, 0.29) is 48.6 Å². The highest BCUT2D eigenvalue weighted by molar-refractivity contribution is 7.53. The lowest BCUT2D eigenvalue weighted by Crippen LogP contribution is -2.21. The van der Waals surface area contributed by atoms with Crippen LogP contribution in [0.15, 0.2) is 48.7 Å². The maximum atomic E-state index is 14.0. The molecule has 44 heavy (non-hydrogen) atoms. The van der Waals surface area contributed by atoms with Crippen LogP contribution in [-0.2, 0) is 26.0 Å². The third-order valence-corrected chi connectivity index (χ3v) is 9.32. The maximum Gasteiger partial charge on any atom is 0.421 e. The van der Waals surface area contributed by atoms with Gasteiger partial charge in [0.1, 0.15) is 11.4 Å². The Morgan fingerprint density at radius 1 is 1.02 bits per heavy atom. The largest absolute Gasteiger partial charge is 0.421 e. The number of aromatic nitrogens is 2. The monoisotopic (exact) mass is 635 g/mol. The average molecular weight is 636 g/mol. The van der Waals surface area contributed by atoms with Crippen molar-refractivity contribution in [3.8, 4) is 0 Å². The second kappa shape index (κ2) is 14.5. The molecule has 4 N–H and O–H groups in total. The second-order valence-electron chi connectivity index (χ2n) is 10.4. The van der Waals surface area contributed by atoms with Crippen molar-refractivity contribution in [2.45, 2.75) is 63.9 Å². The summed E-state index contributed by atoms with van der Waals surface area (Å²) in [5, 5.41) is 18.0. The number of hydrogen-bond donors (Lipinski definition) is 4. The molecule has 0 spiro atoms. The van der Waals surface area contributed by atoms with Crippen LogP contribution in [-0.4, -0.2) is 47.3 Å². The highest BCUT2D eigenvalue weighted by Gasteiger charge is 2.36. The first-order valence-electron chi connectivity index (χ1n) is 14.4. The molecule has 0 atom stereocenters. The van der Waals surface area contributed by atoms with Gasteiger partial charge >= 0.3 is 13.8 Å². The van der Waals surface area contributed by atoms with Crippen molar-refractivity contribution in [2.24, 2.45) is 0 Å². The number of benzene rings is 2. The Bertz CT molecular complexity index is 1470. The summed E-state index contributed by atoms with van der Waals surface area (Å²) in [7, 11) is -1.86. The fourth-order valence-corrected chi connectivity index (χ4v) is 6.80. The maximum absolute atomic E-state index is 14.0. The van der Waals surface area contributed by atoms with Crippen LogP contribution < -0.4 is 16.0 Å². The van der Waals surface area contributed by atoms with Gasteiger partial charge in [-0.1, -0.05) is 18.2 Å². The van der Waals surface area contributed by atoms with Gasteiger partial charge in [-0.15, -0.1) is 0 Å². The summed E-state index contributed by atoms with van der Waals surface area (Å²) < 4.78 is 65.5. The number of alkyl halides is 3. The second-order valence-corrected chi connectivity index (χ2v) is 12.4. The summed E-state index contributed by atoms with van der Waals surface area (Å²) in [5.41, 5.74) is 1.26. The number of carbonyl (C=O) groups is 1. The molecule has 1 aromatic heterocycles. The molecule has 238 valence electrons. The van der Waals surface area contributed by atoms with E-state index in [4.69, 9.17) is 9.05 Å². The van der Waals surface area contributed by atoms with Crippen molar-refractivity contribution < 1.29 is 36.7 Å². The van der Waals surface area contributed by atoms with Crippen LogP contribution in [0, 0.1) is 0 Å². The predicted octanol–water partition coefficient (Wildman–Crippen LogP) is 7.13. The van der Waals surface area contributed by atoms with E-state index in [0.29, 0.717) is 30.3 Å². The van der Waals surface area contributed by atoms with E-state index in [2.05, 4.69) is 25.9 Å². The SMILES string of the molecule is CCOP(=O)(Cc1ccc(Nc2ncc(C(F)(F)F)c(Nc3ccc([C@H]4CC[C@@H](O)CC4)cc3C(=O)NC)n2)cc1)OCC. The van der Waals surface area contributed by atoms with Gasteiger partial charge < -0.3 is 30.1 Å². The first-order chi connectivity index (χ1) is 20.9. The molecule has 1 saturated carbocycles. The summed E-state index contributed by atoms with van der Waals surface area (Å²) in [6, 6.07) is 11.7. The third-order valence-electron chi connectivity index (χ3n) is 7.27. The van der Waals surface area contributed by atoms with Gasteiger partial charge in [0, 0.05) is 18.9 Å². The van der Waals surface area contributed by atoms with Crippen LogP contribution in [0.1, 0.15) is 72.5 Å². The molecule has 2 aromatic carbocycles. The molecule has 1 aliphatic carbocycles. The van der Waals surface area contributed by atoms with Crippen LogP contribution in [0.25, 0.3) is 0 Å². The minimum atomic E-state index is -4.77. The number of aliphatic hydroxyl groups excluding tert-OH is 1. The third kappa shape index (κ3) is 8.56. The fraction of sp³-hybridized carbons (Fsp3) is 0.433. The molecule has 1 heterocycles. The number of halogens is 3. The summed E-state index contributed by atoms with van der Waals surface area (Å²) in [5.74, 6) is -0.973. The molecular formula is C30H37F3N5O5P. The Labute approximate surface area is 254 Å². The molecule has 10 nitrogen and oxygen atoms in total. The lowest BCUT2D eigenvalue weighted by molar-refractivity contribution is -0.137. The zero-order valence-corrected chi connectivity index (χ0v) is 25.7. The molecule has 1 fully saturated rings. The van der Waals surface area contributed by atoms with Crippen LogP contribution in [0.4, 0.5) is 36.3 Å². The van der Waals surface area contributed by atoms with Crippen molar-refractivity contribution in [2.75, 3.05) is 30.9 Å². The molecule has 1 amide bonds. The van der Waals surface area contributed by atoms with Gasteiger partial charge in [0.05, 0.1) is 36.7 Å². The van der Waals surface area contributed by atoms with Crippen molar-refractivity contribution in [1.29, 1.82) is 0 Å². The lowest BCUT2D eigenvalue weighted by Gasteiger charge is -2.26. The van der Waals surface area contributed by atoms with E-state index < -0.39 is 31.1 Å². The Kier molecular flexibility index (Phi) is 11.0. The minimum Gasteiger partial charge on any atom is -0.393 e. The topological polar surface area (TPSA) is 135 Å². The minimum absolute atomic E-state index is 0.0645. The summed E-state index contributed by atoms with van der Waals surface area (Å²) >= 11 is 0. The molecule has 0 bridgehead atoms. The highest BCUT2D eigenvalue weighted by atomic mass is 31.2. The molecule has 3 aromatic rings. The van der Waals surface area contributed by atoms with Crippen molar-refractivity contribution >= 4 is 36.6 Å². The molecule has 0 aliphatic heterocycles. The first-order valence-corrected chi connectivity index (χ1v) is 16.2. The normalized spacial score (nSPS) is 17.2. The van der Waals surface area contributed by atoms with E-state index in [1.807, 2.05) is 0 Å². The number of nitrogens with one attached hydrogen (secondary N) is 3. The Balaban J connectivity index is 1.59. The van der Waals surface area contributed by atoms with Gasteiger partial charge in [0.15, 0.2) is 0 Å². The average Bonchev–Trinajstić information content (AvgIpc) is 2.98. The van der Waals surface area contributed by atoms with Gasteiger partial charge in [-0.05, 0) is 80.8 Å². The molecule has 1 aliphatic rings. The molecule has 0 unspecified atom stereocenters. The zero-order chi connectivity index (χ0) is 31.9. The number of aliphatic hydroxyl groups is 1. The summed E-state index contributed by atoms with van der Waals surface area (Å²) in [4.78, 5) is 20.8. The predicted molar refractivity (Wildman–Crippen MR) is 162 cm³/mol. The van der Waals surface area contributed by atoms with Crippen molar-refractivity contribution in [3.63, 3.8) is 0 Å². The molecule has 14 heteroatoms. The number of anilines is 4. The Hall–Kier alpha value is -3.51. The number of hydrogen-bond acceptors (Lipinski definition) is 9. The molecular weight excluding hydrogens is 598 g/mol. The fourth-order valence-electron chi connectivity index (χ4n) is 5.10. The number of nitrogens with zero attached hydrogens (tertiary/aromatic N) is 2. The lowest BCUT2D eigenvalue weighted by atomic mass is 9.82. The number of rotatable bonds is 12. The van der Waals surface area contributed by atoms with Gasteiger partial charge in [-0.2, -0.15) is 18.2 Å². The van der Waals surface area contributed by atoms with Gasteiger partial charge in [-0.25, -0.2) is 4.98 Å². The van der Waals surface area contributed by atoms with Gasteiger partial charge in [0.2, 0.25) is 5.95 Å². The van der Waals surface area contributed by atoms with E-state index in [0.717, 1.165) is 18.4 Å². The highest BCUT2D eigenvalue weighted by Crippen LogP contribution is 2.51. The van der Waals surface area contributed by atoms with Gasteiger partial charge in [-0.3, -0.25) is 9.36 Å². The molecule has 4 rings (SSSR count). The first kappa shape index (κ1) is 33.4. The molecule has 0 saturated heterocycles. The Morgan fingerprint density at radius 2 is 1.68 bits per heavy atom. The summed E-state index contributed by atoms with van der Waals surface area (Å²) in [6.45, 7) is 3.92. The van der Waals surface area contributed by atoms with Crippen molar-refractivity contribution in [1.82, 2.24) is 15.3 Å². The van der Waals surface area contributed by atoms with Crippen LogP contribution in [0.3, 0.4) is 0 Å². The van der Waals surface area contributed by atoms with Crippen LogP contribution in [0.2, 0.25) is 0 Å². The number of carbonyl (C=O) groups excluding carboxylic acids is 1.